The van der Waals surface area contributed by atoms with E-state index in [4.69, 9.17) is 92.3 Å². The Morgan fingerprint density at radius 2 is 0.471 bits per heavy atom. The van der Waals surface area contributed by atoms with Gasteiger partial charge < -0.3 is 67.1 Å². The van der Waals surface area contributed by atoms with E-state index in [1.54, 1.807) is 97.1 Å². The summed E-state index contributed by atoms with van der Waals surface area (Å²) in [5.74, 6) is 1.13. The lowest BCUT2D eigenvalue weighted by atomic mass is 10.2. The summed E-state index contributed by atoms with van der Waals surface area (Å²) in [7, 11) is 0. The lowest BCUT2D eigenvalue weighted by Crippen LogP contribution is -2.26. The van der Waals surface area contributed by atoms with Gasteiger partial charge in [0.2, 0.25) is 47.7 Å². The molecule has 0 saturated carbocycles. The zero-order chi connectivity index (χ0) is 49.5. The highest BCUT2D eigenvalue weighted by molar-refractivity contribution is 8.93. The molecule has 20 nitrogen and oxygen atoms in total. The second kappa shape index (κ2) is 36.0. The molecule has 0 saturated heterocycles. The van der Waals surface area contributed by atoms with Gasteiger partial charge in [0.1, 0.15) is 0 Å². The molecule has 0 spiro atoms. The van der Waals surface area contributed by atoms with Crippen LogP contribution in [0.5, 0.6) is 0 Å². The van der Waals surface area contributed by atoms with Crippen molar-refractivity contribution in [3.8, 4) is 0 Å². The maximum absolute atomic E-state index is 5.85. The van der Waals surface area contributed by atoms with Crippen LogP contribution in [0.3, 0.4) is 0 Å². The van der Waals surface area contributed by atoms with E-state index < -0.39 is 0 Å². The maximum atomic E-state index is 5.85. The van der Waals surface area contributed by atoms with Crippen molar-refractivity contribution < 1.29 is 0 Å². The fourth-order valence-electron chi connectivity index (χ4n) is 5.40. The molecule has 0 aromatic heterocycles. The average molecular weight is 1170 g/mol. The van der Waals surface area contributed by atoms with Gasteiger partial charge in [-0.2, -0.15) is 20.0 Å². The number of rotatable bonds is 18. The van der Waals surface area contributed by atoms with Gasteiger partial charge in [-0.25, -0.2) is 0 Å². The monoisotopic (exact) mass is 1170 g/mol. The van der Waals surface area contributed by atoms with Gasteiger partial charge in [0.25, 0.3) is 0 Å². The summed E-state index contributed by atoms with van der Waals surface area (Å²) in [6.45, 7) is 2.25. The molecule has 0 bridgehead atoms. The molecule has 0 fully saturated rings. The van der Waals surface area contributed by atoms with Crippen molar-refractivity contribution in [1.82, 2.24) is 0 Å². The molecule has 4 rings (SSSR count). The van der Waals surface area contributed by atoms with E-state index in [-0.39, 0.29) is 81.6 Å². The predicted octanol–water partition coefficient (Wildman–Crippen LogP) is 7.83. The highest BCUT2D eigenvalue weighted by Gasteiger charge is 2.02. The van der Waals surface area contributed by atoms with Crippen LogP contribution in [0.2, 0.25) is 20.1 Å². The Kier molecular flexibility index (Phi) is 31.9. The third kappa shape index (κ3) is 29.8. The number of nitrogens with two attached hydrogens (primary N) is 8. The molecule has 380 valence electrons. The van der Waals surface area contributed by atoms with Crippen molar-refractivity contribution in [2.45, 2.75) is 51.4 Å². The van der Waals surface area contributed by atoms with Gasteiger partial charge in [0.15, 0.2) is 0 Å². The van der Waals surface area contributed by atoms with Crippen LogP contribution in [0.15, 0.2) is 137 Å². The zero-order valence-corrected chi connectivity index (χ0v) is 44.7. The van der Waals surface area contributed by atoms with Crippen LogP contribution in [-0.4, -0.2) is 73.9 Å². The van der Waals surface area contributed by atoms with Gasteiger partial charge in [-0.05, 0) is 123 Å². The van der Waals surface area contributed by atoms with Gasteiger partial charge >= 0.3 is 0 Å². The van der Waals surface area contributed by atoms with Crippen LogP contribution < -0.4 is 67.1 Å². The first-order valence-electron chi connectivity index (χ1n) is 21.3. The van der Waals surface area contributed by atoms with Gasteiger partial charge in [0.05, 0.1) is 0 Å². The molecule has 0 unspecified atom stereocenters. The molecule has 0 atom stereocenters. The standard InChI is InChI=1S/2C22H30Cl2N10.2BrH/c2*23-15-5-9-17(10-6-15)31-21(27)33-19(25)29-13-3-1-2-4-14-30-20(26)34-22(28)32-18-11-7-16(24)8-12-18;;/h2*5-12H,1-4,13-14H2,(H5,25,27,29,31,33)(H5,26,28,30,32,34);2*1H. The molecule has 0 radical (unpaired) electrons. The summed E-state index contributed by atoms with van der Waals surface area (Å²) in [6.07, 6.45) is 7.37. The van der Waals surface area contributed by atoms with Crippen LogP contribution in [-0.2, 0) is 0 Å². The summed E-state index contributed by atoms with van der Waals surface area (Å²) in [4.78, 5) is 33.0. The molecule has 26 heteroatoms. The molecule has 0 heterocycles. The normalized spacial score (nSPS) is 12.7. The minimum atomic E-state index is 0. The highest BCUT2D eigenvalue weighted by Crippen LogP contribution is 2.16. The van der Waals surface area contributed by atoms with Gasteiger partial charge in [-0.3, -0.25) is 20.0 Å². The second-order valence-electron chi connectivity index (χ2n) is 14.3. The smallest absolute Gasteiger partial charge is 0.218 e. The van der Waals surface area contributed by atoms with Crippen LogP contribution >= 0.6 is 80.4 Å². The van der Waals surface area contributed by atoms with E-state index in [0.717, 1.165) is 74.1 Å². The Labute approximate surface area is 449 Å². The number of benzene rings is 4. The number of anilines is 4. The maximum Gasteiger partial charge on any atom is 0.218 e. The van der Waals surface area contributed by atoms with E-state index in [0.29, 0.717) is 46.3 Å². The Bertz CT molecular complexity index is 2040. The largest absolute Gasteiger partial charge is 0.369 e. The fourth-order valence-corrected chi connectivity index (χ4v) is 5.90. The van der Waals surface area contributed by atoms with E-state index >= 15 is 0 Å². The third-order valence-corrected chi connectivity index (χ3v) is 9.64. The van der Waals surface area contributed by atoms with Crippen LogP contribution in [0.4, 0.5) is 22.7 Å². The van der Waals surface area contributed by atoms with E-state index in [2.05, 4.69) is 61.2 Å². The number of nitrogens with one attached hydrogen (secondary N) is 4. The molecular formula is C44H62Br2Cl4N20. The van der Waals surface area contributed by atoms with Crippen LogP contribution in [0.1, 0.15) is 51.4 Å². The Morgan fingerprint density at radius 3 is 0.643 bits per heavy atom. The SMILES string of the molecule is Br.Br.NC(=NCCCCCCN=C(N)N=C(N)Nc1ccc(Cl)cc1)N=C(N)Nc1ccc(Cl)cc1.NC(=NCCCCCCN=C(N)N=C(N)Nc1ccc(Cl)cc1)N=C(N)Nc1ccc(Cl)cc1. The number of guanidine groups is 8. The number of halogens is 6. The summed E-state index contributed by atoms with van der Waals surface area (Å²) in [5, 5.41) is 14.2. The number of aliphatic imine (C=N–C) groups is 8. The zero-order valence-electron chi connectivity index (χ0n) is 38.2. The molecule has 0 aliphatic carbocycles. The topological polar surface area (TPSA) is 355 Å². The van der Waals surface area contributed by atoms with Gasteiger partial charge in [-0.1, -0.05) is 72.1 Å². The Balaban J connectivity index is 0.000000681. The molecule has 20 N–H and O–H groups in total. The minimum Gasteiger partial charge on any atom is -0.369 e. The summed E-state index contributed by atoms with van der Waals surface area (Å²) in [6, 6.07) is 28.3. The van der Waals surface area contributed by atoms with Crippen molar-refractivity contribution in [1.29, 1.82) is 0 Å². The third-order valence-electron chi connectivity index (χ3n) is 8.63. The van der Waals surface area contributed by atoms with Crippen molar-refractivity contribution in [3.05, 3.63) is 117 Å². The average Bonchev–Trinajstić information content (AvgIpc) is 3.28. The quantitative estimate of drug-likeness (QED) is 0.0258. The summed E-state index contributed by atoms with van der Waals surface area (Å²) in [5.41, 5.74) is 49.5. The minimum absolute atomic E-state index is 0. The molecule has 4 aromatic rings. The van der Waals surface area contributed by atoms with E-state index in [9.17, 15) is 0 Å². The summed E-state index contributed by atoms with van der Waals surface area (Å²) < 4.78 is 0. The van der Waals surface area contributed by atoms with Crippen LogP contribution in [0.25, 0.3) is 0 Å². The fraction of sp³-hybridized carbons (Fsp3) is 0.273. The Hall–Kier alpha value is -6.04. The van der Waals surface area contributed by atoms with Crippen molar-refractivity contribution >= 4 is 151 Å². The molecule has 70 heavy (non-hydrogen) atoms. The first-order chi connectivity index (χ1) is 32.6. The predicted molar refractivity (Wildman–Crippen MR) is 310 cm³/mol. The number of nitrogens with zero attached hydrogens (tertiary/aromatic N) is 8. The van der Waals surface area contributed by atoms with Crippen molar-refractivity contribution in [2.24, 2.45) is 85.8 Å². The first kappa shape index (κ1) is 62.0. The van der Waals surface area contributed by atoms with Crippen molar-refractivity contribution in [3.63, 3.8) is 0 Å². The van der Waals surface area contributed by atoms with E-state index in [1.165, 1.54) is 0 Å². The molecule has 0 amide bonds. The lowest BCUT2D eigenvalue weighted by Gasteiger charge is -2.05. The number of hydrogen-bond donors (Lipinski definition) is 12. The molecule has 0 aliphatic heterocycles. The lowest BCUT2D eigenvalue weighted by molar-refractivity contribution is 0.653. The van der Waals surface area contributed by atoms with E-state index in [1.807, 2.05) is 0 Å². The van der Waals surface area contributed by atoms with Crippen molar-refractivity contribution in [2.75, 3.05) is 47.4 Å². The molecule has 4 aromatic carbocycles. The van der Waals surface area contributed by atoms with Gasteiger partial charge in [0, 0.05) is 69.0 Å². The molecular weight excluding hydrogens is 1110 g/mol. The number of unbranched alkanes of at least 4 members (excludes halogenated alkanes) is 6. The second-order valence-corrected chi connectivity index (χ2v) is 16.0. The number of hydrogen-bond acceptors (Lipinski definition) is 4. The van der Waals surface area contributed by atoms with Gasteiger partial charge in [-0.15, -0.1) is 34.0 Å². The summed E-state index contributed by atoms with van der Waals surface area (Å²) >= 11 is 23.4. The molecule has 0 aliphatic rings. The van der Waals surface area contributed by atoms with Crippen LogP contribution in [0, 0.1) is 0 Å². The highest BCUT2D eigenvalue weighted by atomic mass is 79.9. The Morgan fingerprint density at radius 1 is 0.300 bits per heavy atom. The first-order valence-corrected chi connectivity index (χ1v) is 22.8.